The first-order valence-corrected chi connectivity index (χ1v) is 13.7. The largest absolute Gasteiger partial charge is 0.354 e. The second-order valence-electron chi connectivity index (χ2n) is 8.59. The van der Waals surface area contributed by atoms with Crippen molar-refractivity contribution < 1.29 is 14.0 Å². The maximum atomic E-state index is 14.6. The summed E-state index contributed by atoms with van der Waals surface area (Å²) in [5, 5.41) is 3.63. The zero-order valence-electron chi connectivity index (χ0n) is 20.5. The van der Waals surface area contributed by atoms with Gasteiger partial charge in [-0.1, -0.05) is 85.6 Å². The first kappa shape index (κ1) is 27.8. The lowest BCUT2D eigenvalue weighted by molar-refractivity contribution is -0.139. The lowest BCUT2D eigenvalue weighted by atomic mass is 10.0. The standard InChI is InChI=1S/C29H32ClFN2O2S/c1-2-3-16-32-29(35)27(18-22-10-5-4-6-11-22)33(19-24-13-7-8-15-26(24)31)28(34)21-36-20-23-12-9-14-25(30)17-23/h4-15,17,27H,2-3,16,18-21H2,1H3,(H,32,35)/t27-/m1/s1. The number of halogens is 2. The molecular formula is C29H32ClFN2O2S. The van der Waals surface area contributed by atoms with Gasteiger partial charge < -0.3 is 10.2 Å². The van der Waals surface area contributed by atoms with Crippen molar-refractivity contribution in [2.24, 2.45) is 0 Å². The van der Waals surface area contributed by atoms with Crippen LogP contribution in [0, 0.1) is 5.82 Å². The van der Waals surface area contributed by atoms with E-state index in [1.54, 1.807) is 18.2 Å². The molecule has 0 aliphatic carbocycles. The van der Waals surface area contributed by atoms with E-state index in [1.807, 2.05) is 54.6 Å². The Morgan fingerprint density at radius 2 is 1.72 bits per heavy atom. The van der Waals surface area contributed by atoms with E-state index in [1.165, 1.54) is 22.7 Å². The van der Waals surface area contributed by atoms with Crippen LogP contribution < -0.4 is 5.32 Å². The van der Waals surface area contributed by atoms with Crippen LogP contribution in [0.25, 0.3) is 0 Å². The van der Waals surface area contributed by atoms with Crippen molar-refractivity contribution in [2.45, 2.75) is 44.5 Å². The van der Waals surface area contributed by atoms with E-state index in [0.717, 1.165) is 24.0 Å². The highest BCUT2D eigenvalue weighted by Crippen LogP contribution is 2.21. The number of benzene rings is 3. The van der Waals surface area contributed by atoms with E-state index < -0.39 is 11.9 Å². The number of hydrogen-bond acceptors (Lipinski definition) is 3. The third kappa shape index (κ3) is 8.68. The predicted octanol–water partition coefficient (Wildman–Crippen LogP) is 6.27. The van der Waals surface area contributed by atoms with Crippen molar-refractivity contribution in [1.29, 1.82) is 0 Å². The van der Waals surface area contributed by atoms with Crippen LogP contribution in [-0.2, 0) is 28.3 Å². The van der Waals surface area contributed by atoms with Crippen LogP contribution in [0.1, 0.15) is 36.5 Å². The van der Waals surface area contributed by atoms with Gasteiger partial charge in [0.2, 0.25) is 11.8 Å². The fourth-order valence-electron chi connectivity index (χ4n) is 3.84. The summed E-state index contributed by atoms with van der Waals surface area (Å²) in [7, 11) is 0. The average Bonchev–Trinajstić information content (AvgIpc) is 2.88. The summed E-state index contributed by atoms with van der Waals surface area (Å²) in [4.78, 5) is 28.4. The normalized spacial score (nSPS) is 11.6. The Hall–Kier alpha value is -2.83. The van der Waals surface area contributed by atoms with Gasteiger partial charge in [0.05, 0.1) is 5.75 Å². The van der Waals surface area contributed by atoms with Crippen LogP contribution in [0.3, 0.4) is 0 Å². The molecule has 0 radical (unpaired) electrons. The maximum Gasteiger partial charge on any atom is 0.243 e. The topological polar surface area (TPSA) is 49.4 Å². The molecule has 4 nitrogen and oxygen atoms in total. The van der Waals surface area contributed by atoms with E-state index >= 15 is 0 Å². The Labute approximate surface area is 222 Å². The molecule has 7 heteroatoms. The molecule has 3 aromatic rings. The fourth-order valence-corrected chi connectivity index (χ4v) is 4.91. The van der Waals surface area contributed by atoms with E-state index in [0.29, 0.717) is 29.3 Å². The van der Waals surface area contributed by atoms with Crippen molar-refractivity contribution >= 4 is 35.2 Å². The van der Waals surface area contributed by atoms with Gasteiger partial charge in [-0.15, -0.1) is 11.8 Å². The molecule has 0 saturated carbocycles. The van der Waals surface area contributed by atoms with Crippen LogP contribution in [0.2, 0.25) is 5.02 Å². The van der Waals surface area contributed by atoms with Crippen LogP contribution >= 0.6 is 23.4 Å². The second-order valence-corrected chi connectivity index (χ2v) is 10.0. The molecule has 3 aromatic carbocycles. The minimum absolute atomic E-state index is 0.0158. The summed E-state index contributed by atoms with van der Waals surface area (Å²) >= 11 is 7.53. The van der Waals surface area contributed by atoms with Crippen molar-refractivity contribution in [3.8, 4) is 0 Å². The van der Waals surface area contributed by atoms with E-state index in [9.17, 15) is 14.0 Å². The van der Waals surface area contributed by atoms with Gasteiger partial charge >= 0.3 is 0 Å². The van der Waals surface area contributed by atoms with Crippen LogP contribution in [0.4, 0.5) is 4.39 Å². The summed E-state index contributed by atoms with van der Waals surface area (Å²) in [6.07, 6.45) is 2.14. The van der Waals surface area contributed by atoms with Gasteiger partial charge in [0, 0.05) is 35.8 Å². The number of carbonyl (C=O) groups excluding carboxylic acids is 2. The molecule has 0 aliphatic rings. The molecule has 1 N–H and O–H groups in total. The molecule has 190 valence electrons. The highest BCUT2D eigenvalue weighted by Gasteiger charge is 2.30. The monoisotopic (exact) mass is 526 g/mol. The molecule has 0 fully saturated rings. The fraction of sp³-hybridized carbons (Fsp3) is 0.310. The van der Waals surface area contributed by atoms with Crippen LogP contribution in [0.5, 0.6) is 0 Å². The maximum absolute atomic E-state index is 14.6. The minimum Gasteiger partial charge on any atom is -0.354 e. The number of hydrogen-bond donors (Lipinski definition) is 1. The summed E-state index contributed by atoms with van der Waals surface area (Å²) in [6.45, 7) is 2.60. The molecule has 0 saturated heterocycles. The summed E-state index contributed by atoms with van der Waals surface area (Å²) in [5.74, 6) is -0.0687. The highest BCUT2D eigenvalue weighted by atomic mass is 35.5. The quantitative estimate of drug-likeness (QED) is 0.267. The molecule has 2 amide bonds. The number of carbonyl (C=O) groups is 2. The predicted molar refractivity (Wildman–Crippen MR) is 146 cm³/mol. The Bertz CT molecular complexity index is 1130. The van der Waals surface area contributed by atoms with Crippen LogP contribution in [0.15, 0.2) is 78.9 Å². The molecule has 0 aliphatic heterocycles. The van der Waals surface area contributed by atoms with E-state index in [4.69, 9.17) is 11.6 Å². The number of amides is 2. The molecule has 0 spiro atoms. The zero-order valence-corrected chi connectivity index (χ0v) is 22.0. The van der Waals surface area contributed by atoms with E-state index in [-0.39, 0.29) is 24.1 Å². The average molecular weight is 527 g/mol. The molecule has 0 aromatic heterocycles. The minimum atomic E-state index is -0.761. The second kappa shape index (κ2) is 14.7. The molecule has 0 heterocycles. The van der Waals surface area contributed by atoms with Gasteiger partial charge in [-0.3, -0.25) is 9.59 Å². The molecule has 0 bridgehead atoms. The van der Waals surface area contributed by atoms with Crippen LogP contribution in [-0.4, -0.2) is 35.1 Å². The summed E-state index contributed by atoms with van der Waals surface area (Å²) < 4.78 is 14.6. The van der Waals surface area contributed by atoms with Crippen molar-refractivity contribution in [1.82, 2.24) is 10.2 Å². The number of rotatable bonds is 13. The number of unbranched alkanes of at least 4 members (excludes halogenated alkanes) is 1. The van der Waals surface area contributed by atoms with Gasteiger partial charge in [0.25, 0.3) is 0 Å². The Kier molecular flexibility index (Phi) is 11.3. The van der Waals surface area contributed by atoms with Crippen molar-refractivity contribution in [3.63, 3.8) is 0 Å². The molecule has 0 unspecified atom stereocenters. The molecule has 3 rings (SSSR count). The van der Waals surface area contributed by atoms with Crippen molar-refractivity contribution in [3.05, 3.63) is 106 Å². The molecule has 1 atom stereocenters. The smallest absolute Gasteiger partial charge is 0.243 e. The van der Waals surface area contributed by atoms with Gasteiger partial charge in [0.1, 0.15) is 11.9 Å². The number of nitrogens with one attached hydrogen (secondary N) is 1. The first-order chi connectivity index (χ1) is 17.5. The van der Waals surface area contributed by atoms with Gasteiger partial charge in [-0.25, -0.2) is 4.39 Å². The lowest BCUT2D eigenvalue weighted by Crippen LogP contribution is -2.51. The third-order valence-electron chi connectivity index (χ3n) is 5.78. The third-order valence-corrected chi connectivity index (χ3v) is 7.01. The summed E-state index contributed by atoms with van der Waals surface area (Å²) in [6, 6.07) is 22.7. The Balaban J connectivity index is 1.84. The van der Waals surface area contributed by atoms with E-state index in [2.05, 4.69) is 12.2 Å². The molecule has 36 heavy (non-hydrogen) atoms. The molecular weight excluding hydrogens is 495 g/mol. The first-order valence-electron chi connectivity index (χ1n) is 12.1. The van der Waals surface area contributed by atoms with Crippen molar-refractivity contribution in [2.75, 3.05) is 12.3 Å². The number of nitrogens with zero attached hydrogens (tertiary/aromatic N) is 1. The van der Waals surface area contributed by atoms with Gasteiger partial charge in [-0.05, 0) is 35.7 Å². The lowest BCUT2D eigenvalue weighted by Gasteiger charge is -2.31. The Morgan fingerprint density at radius 1 is 1.00 bits per heavy atom. The SMILES string of the molecule is CCCCNC(=O)[C@@H](Cc1ccccc1)N(Cc1ccccc1F)C(=O)CSCc1cccc(Cl)c1. The Morgan fingerprint density at radius 3 is 2.44 bits per heavy atom. The number of thioether (sulfide) groups is 1. The zero-order chi connectivity index (χ0) is 25.8. The summed E-state index contributed by atoms with van der Waals surface area (Å²) in [5.41, 5.74) is 2.33. The highest BCUT2D eigenvalue weighted by molar-refractivity contribution is 7.99. The van der Waals surface area contributed by atoms with Gasteiger partial charge in [-0.2, -0.15) is 0 Å². The van der Waals surface area contributed by atoms with Gasteiger partial charge in [0.15, 0.2) is 0 Å².